The van der Waals surface area contributed by atoms with Gasteiger partial charge in [0.1, 0.15) is 11.6 Å². The third-order valence-corrected chi connectivity index (χ3v) is 4.02. The van der Waals surface area contributed by atoms with E-state index >= 15 is 0 Å². The number of nitrogens with two attached hydrogens (primary N) is 2. The Morgan fingerprint density at radius 1 is 1.46 bits per heavy atom. The molecule has 0 bridgehead atoms. The molecule has 134 valence electrons. The molecule has 1 aromatic carbocycles. The molecule has 2 aromatic rings. The van der Waals surface area contributed by atoms with Gasteiger partial charge in [-0.3, -0.25) is 9.89 Å². The molecule has 0 saturated carbocycles. The van der Waals surface area contributed by atoms with Crippen molar-refractivity contribution in [3.63, 3.8) is 0 Å². The number of nitrogens with one attached hydrogen (secondary N) is 1. The average molecular weight is 355 g/mol. The average Bonchev–Trinajstić information content (AvgIpc) is 2.99. The molecule has 9 nitrogen and oxygen atoms in total. The van der Waals surface area contributed by atoms with E-state index in [9.17, 15) is 10.1 Å². The number of primary amides is 1. The summed E-state index contributed by atoms with van der Waals surface area (Å²) in [6, 6.07) is 7.23. The van der Waals surface area contributed by atoms with Gasteiger partial charge in [-0.25, -0.2) is 0 Å². The van der Waals surface area contributed by atoms with Crippen molar-refractivity contribution in [1.82, 2.24) is 10.2 Å². The number of aromatic amines is 1. The van der Waals surface area contributed by atoms with E-state index in [1.165, 1.54) is 7.11 Å². The molecule has 1 aliphatic heterocycles. The molecular formula is C17H17N5O4. The van der Waals surface area contributed by atoms with Crippen molar-refractivity contribution in [3.05, 3.63) is 46.5 Å². The molecule has 1 amide bonds. The van der Waals surface area contributed by atoms with Crippen LogP contribution in [-0.4, -0.2) is 29.8 Å². The smallest absolute Gasteiger partial charge is 0.255 e. The Hall–Kier alpha value is -3.67. The summed E-state index contributed by atoms with van der Waals surface area (Å²) in [6.07, 6.45) is 0. The number of allylic oxidation sites excluding steroid dienone is 1. The van der Waals surface area contributed by atoms with E-state index in [-0.39, 0.29) is 18.1 Å². The molecule has 0 unspecified atom stereocenters. The zero-order valence-corrected chi connectivity index (χ0v) is 14.2. The topological polar surface area (TPSA) is 149 Å². The third kappa shape index (κ3) is 2.88. The summed E-state index contributed by atoms with van der Waals surface area (Å²) in [5.74, 6) is 0.0281. The van der Waals surface area contributed by atoms with Crippen LogP contribution in [-0.2, 0) is 4.79 Å². The number of aryl methyl sites for hydroxylation is 1. The van der Waals surface area contributed by atoms with Crippen LogP contribution in [0.15, 0.2) is 29.7 Å². The first-order chi connectivity index (χ1) is 12.5. The summed E-state index contributed by atoms with van der Waals surface area (Å²) in [6.45, 7) is 1.56. The first kappa shape index (κ1) is 17.2. The van der Waals surface area contributed by atoms with Gasteiger partial charge in [-0.1, -0.05) is 6.07 Å². The molecule has 5 N–H and O–H groups in total. The Morgan fingerprint density at radius 2 is 2.23 bits per heavy atom. The van der Waals surface area contributed by atoms with E-state index < -0.39 is 11.8 Å². The Morgan fingerprint density at radius 3 is 2.88 bits per heavy atom. The number of amides is 1. The van der Waals surface area contributed by atoms with Gasteiger partial charge in [-0.05, 0) is 24.6 Å². The molecule has 0 spiro atoms. The summed E-state index contributed by atoms with van der Waals surface area (Å²) in [5.41, 5.74) is 13.5. The van der Waals surface area contributed by atoms with Gasteiger partial charge in [-0.2, -0.15) is 5.26 Å². The largest absolute Gasteiger partial charge is 0.493 e. The van der Waals surface area contributed by atoms with Crippen molar-refractivity contribution < 1.29 is 19.0 Å². The zero-order chi connectivity index (χ0) is 18.8. The predicted octanol–water partition coefficient (Wildman–Crippen LogP) is 0.809. The number of ether oxygens (including phenoxy) is 3. The first-order valence-corrected chi connectivity index (χ1v) is 7.67. The van der Waals surface area contributed by atoms with Gasteiger partial charge in [0.25, 0.3) is 5.91 Å². The highest BCUT2D eigenvalue weighted by Gasteiger charge is 2.34. The predicted molar refractivity (Wildman–Crippen MR) is 90.3 cm³/mol. The molecule has 1 atom stereocenters. The number of carbonyl (C=O) groups excluding carboxylic acids is 1. The quantitative estimate of drug-likeness (QED) is 0.718. The lowest BCUT2D eigenvalue weighted by molar-refractivity contribution is -0.119. The van der Waals surface area contributed by atoms with E-state index in [2.05, 4.69) is 16.3 Å². The number of carbonyl (C=O) groups is 1. The first-order valence-electron chi connectivity index (χ1n) is 7.67. The number of H-pyrrole nitrogens is 1. The van der Waals surface area contributed by atoms with Crippen LogP contribution in [0.2, 0.25) is 0 Å². The highest BCUT2D eigenvalue weighted by molar-refractivity contribution is 5.75. The van der Waals surface area contributed by atoms with Gasteiger partial charge in [-0.15, -0.1) is 5.10 Å². The minimum absolute atomic E-state index is 0.00419. The Labute approximate surface area is 149 Å². The van der Waals surface area contributed by atoms with Crippen molar-refractivity contribution in [1.29, 1.82) is 5.26 Å². The van der Waals surface area contributed by atoms with Crippen LogP contribution >= 0.6 is 0 Å². The Kier molecular flexibility index (Phi) is 4.41. The van der Waals surface area contributed by atoms with Crippen molar-refractivity contribution in [2.24, 2.45) is 11.5 Å². The second kappa shape index (κ2) is 6.68. The second-order valence-corrected chi connectivity index (χ2v) is 5.66. The van der Waals surface area contributed by atoms with Gasteiger partial charge < -0.3 is 25.7 Å². The van der Waals surface area contributed by atoms with Crippen LogP contribution in [0.25, 0.3) is 0 Å². The van der Waals surface area contributed by atoms with E-state index in [4.69, 9.17) is 25.7 Å². The lowest BCUT2D eigenvalue weighted by Crippen LogP contribution is -2.21. The molecule has 1 aromatic heterocycles. The molecule has 1 aliphatic rings. The standard InChI is InChI=1S/C17H17N5O4/c1-8-14-15(10(6-18)16(20)26-17(14)22-21-8)9-3-4-11(12(5-9)24-2)25-7-13(19)23/h3-5,15H,7,20H2,1-2H3,(H2,19,23)(H,21,22)/t15-/m0/s1. The molecule has 0 fully saturated rings. The molecular weight excluding hydrogens is 338 g/mol. The summed E-state index contributed by atoms with van der Waals surface area (Å²) in [4.78, 5) is 10.9. The molecule has 26 heavy (non-hydrogen) atoms. The van der Waals surface area contributed by atoms with Crippen LogP contribution in [0, 0.1) is 18.3 Å². The van der Waals surface area contributed by atoms with Gasteiger partial charge >= 0.3 is 0 Å². The Balaban J connectivity index is 2.08. The maximum atomic E-state index is 10.9. The minimum atomic E-state index is -0.596. The van der Waals surface area contributed by atoms with E-state index in [1.54, 1.807) is 18.2 Å². The van der Waals surface area contributed by atoms with E-state index in [0.717, 1.165) is 16.8 Å². The fourth-order valence-corrected chi connectivity index (χ4v) is 2.86. The van der Waals surface area contributed by atoms with Crippen molar-refractivity contribution in [2.45, 2.75) is 12.8 Å². The number of nitriles is 1. The SMILES string of the molecule is COc1cc([C@H]2C(C#N)=C(N)Oc3n[nH]c(C)c32)ccc1OCC(N)=O. The highest BCUT2D eigenvalue weighted by Crippen LogP contribution is 2.44. The molecule has 0 aliphatic carbocycles. The highest BCUT2D eigenvalue weighted by atomic mass is 16.5. The zero-order valence-electron chi connectivity index (χ0n) is 14.2. The Bertz CT molecular complexity index is 941. The van der Waals surface area contributed by atoms with Gasteiger partial charge in [0, 0.05) is 11.3 Å². The van der Waals surface area contributed by atoms with Crippen LogP contribution < -0.4 is 25.7 Å². The summed E-state index contributed by atoms with van der Waals surface area (Å²) in [7, 11) is 1.48. The van der Waals surface area contributed by atoms with Gasteiger partial charge in [0.05, 0.1) is 13.0 Å². The lowest BCUT2D eigenvalue weighted by Gasteiger charge is -2.24. The maximum Gasteiger partial charge on any atom is 0.255 e. The number of methoxy groups -OCH3 is 1. The number of hydrogen-bond donors (Lipinski definition) is 3. The van der Waals surface area contributed by atoms with Crippen molar-refractivity contribution >= 4 is 5.91 Å². The monoisotopic (exact) mass is 355 g/mol. The lowest BCUT2D eigenvalue weighted by atomic mass is 9.84. The van der Waals surface area contributed by atoms with Crippen LogP contribution in [0.1, 0.15) is 22.7 Å². The van der Waals surface area contributed by atoms with Gasteiger partial charge in [0.2, 0.25) is 11.8 Å². The van der Waals surface area contributed by atoms with Crippen molar-refractivity contribution in [2.75, 3.05) is 13.7 Å². The van der Waals surface area contributed by atoms with Gasteiger partial charge in [0.15, 0.2) is 18.1 Å². The summed E-state index contributed by atoms with van der Waals surface area (Å²) >= 11 is 0. The fraction of sp³-hybridized carbons (Fsp3) is 0.235. The molecule has 9 heteroatoms. The number of nitrogens with zero attached hydrogens (tertiary/aromatic N) is 2. The number of benzene rings is 1. The number of aromatic nitrogens is 2. The second-order valence-electron chi connectivity index (χ2n) is 5.66. The summed E-state index contributed by atoms with van der Waals surface area (Å²) < 4.78 is 16.1. The molecule has 0 radical (unpaired) electrons. The number of rotatable bonds is 5. The van der Waals surface area contributed by atoms with Crippen LogP contribution in [0.3, 0.4) is 0 Å². The molecule has 3 rings (SSSR count). The van der Waals surface area contributed by atoms with Crippen LogP contribution in [0.5, 0.6) is 17.4 Å². The normalized spacial score (nSPS) is 15.7. The minimum Gasteiger partial charge on any atom is -0.493 e. The van der Waals surface area contributed by atoms with Crippen molar-refractivity contribution in [3.8, 4) is 23.4 Å². The third-order valence-electron chi connectivity index (χ3n) is 4.02. The van der Waals surface area contributed by atoms with E-state index in [0.29, 0.717) is 17.4 Å². The summed E-state index contributed by atoms with van der Waals surface area (Å²) in [5, 5.41) is 16.5. The number of fused-ring (bicyclic) bond motifs is 1. The number of hydrogen-bond acceptors (Lipinski definition) is 7. The fourth-order valence-electron chi connectivity index (χ4n) is 2.86. The van der Waals surface area contributed by atoms with E-state index in [1.807, 2.05) is 6.92 Å². The van der Waals surface area contributed by atoms with Crippen LogP contribution in [0.4, 0.5) is 0 Å². The molecule has 2 heterocycles. The maximum absolute atomic E-state index is 10.9. The molecule has 0 saturated heterocycles.